The highest BCUT2D eigenvalue weighted by Crippen LogP contribution is 2.23. The third-order valence-electron chi connectivity index (χ3n) is 11.1. The zero-order valence-electron chi connectivity index (χ0n) is 41.9. The molecule has 0 bridgehead atoms. The summed E-state index contributed by atoms with van der Waals surface area (Å²) in [5.74, 6) is -16.6. The van der Waals surface area contributed by atoms with E-state index >= 15 is 0 Å². The summed E-state index contributed by atoms with van der Waals surface area (Å²) < 4.78 is 41.4. The summed E-state index contributed by atoms with van der Waals surface area (Å²) in [6, 6.07) is -3.10. The lowest BCUT2D eigenvalue weighted by molar-refractivity contribution is -0.306. The number of aliphatic imine (C=N–C) groups is 2. The summed E-state index contributed by atoms with van der Waals surface area (Å²) in [5, 5.41) is 93.7. The van der Waals surface area contributed by atoms with Gasteiger partial charge in [-0.3, -0.25) is 67.7 Å². The fourth-order valence-electron chi connectivity index (χ4n) is 7.26. The number of carboxylic acids is 6. The molecule has 29 nitrogen and oxygen atoms in total. The van der Waals surface area contributed by atoms with Gasteiger partial charge in [0.05, 0.1) is 32.5 Å². The molecule has 1 heterocycles. The minimum Gasteiger partial charge on any atom is -0.862 e. The van der Waals surface area contributed by atoms with Crippen LogP contribution in [0.1, 0.15) is 51.5 Å². The molecule has 77 heavy (non-hydrogen) atoms. The zero-order chi connectivity index (χ0) is 58.0. The standard InChI is InChI=1S/C45H65F3N10O19/c1-26(2)40(44(76)53-30(19-35(63)64)41(73)50-21-27-3-5-28(6-4-27)77-45(46,47)48)54-42(74)29(7-8-34(61)62)52-43(75)31(20-36(65)66)51-32(59)9-10-49-33(60)22-55-11-13-56(23-37(67)68)15-17-58(25-39(71)72)18-16-57(14-12-55)24-38(69)70/h3-6,26,29-31,40H,7-25H2,1-2H3,(H,49,60)(H,50,73)(H,51,59)(H,52,75)(H,53,76)(H,54,74)(H,61,62)(H,63,64)(H,65,66)(H,67,68)(H,69,70)(H,71,72)/p-3/t29-,30-,31-,40-/m0/s1. The lowest BCUT2D eigenvalue weighted by atomic mass is 10.0. The van der Waals surface area contributed by atoms with Gasteiger partial charge < -0.3 is 76.6 Å². The first-order valence-electron chi connectivity index (χ1n) is 23.7. The monoisotopic (exact) mass is 1100 g/mol. The number of nitrogens with zero attached hydrogens (tertiary/aromatic N) is 6. The van der Waals surface area contributed by atoms with Gasteiger partial charge in [0, 0.05) is 78.0 Å². The van der Waals surface area contributed by atoms with Crippen molar-refractivity contribution in [2.45, 2.75) is 83.0 Å². The average molecular weight is 1100 g/mol. The van der Waals surface area contributed by atoms with Crippen LogP contribution < -0.4 is 41.3 Å². The number of ether oxygens (including phenoxy) is 1. The van der Waals surface area contributed by atoms with Crippen LogP contribution in [0.25, 0.3) is 0 Å². The second-order valence-electron chi connectivity index (χ2n) is 17.7. The molecule has 4 atom stereocenters. The number of nitrogens with one attached hydrogen (secondary N) is 4. The molecule has 1 aliphatic heterocycles. The fraction of sp³-hybridized carbons (Fsp3) is 0.600. The highest BCUT2D eigenvalue weighted by Gasteiger charge is 2.34. The number of hydrogen-bond donors (Lipinski definition) is 9. The van der Waals surface area contributed by atoms with E-state index in [1.807, 2.05) is 0 Å². The van der Waals surface area contributed by atoms with Gasteiger partial charge in [-0.25, -0.2) is 0 Å². The molecule has 1 aromatic carbocycles. The van der Waals surface area contributed by atoms with Gasteiger partial charge in [0.1, 0.15) is 29.9 Å². The number of carbonyl (C=O) groups is 10. The number of hydrogen-bond acceptors (Lipinski definition) is 20. The first-order valence-corrected chi connectivity index (χ1v) is 23.7. The van der Waals surface area contributed by atoms with Crippen LogP contribution in [0.2, 0.25) is 0 Å². The number of halogens is 3. The molecule has 0 spiro atoms. The van der Waals surface area contributed by atoms with E-state index in [4.69, 9.17) is 0 Å². The van der Waals surface area contributed by atoms with Gasteiger partial charge in [0.25, 0.3) is 0 Å². The van der Waals surface area contributed by atoms with Crippen molar-refractivity contribution in [3.63, 3.8) is 0 Å². The Labute approximate surface area is 437 Å². The van der Waals surface area contributed by atoms with Gasteiger partial charge in [-0.05, 0) is 54.7 Å². The average Bonchev–Trinajstić information content (AvgIpc) is 3.30. The van der Waals surface area contributed by atoms with Gasteiger partial charge in [-0.15, -0.1) is 13.2 Å². The van der Waals surface area contributed by atoms with Crippen molar-refractivity contribution in [2.75, 3.05) is 85.1 Å². The molecule has 1 aromatic rings. The summed E-state index contributed by atoms with van der Waals surface area (Å²) in [7, 11) is 0. The number of rotatable bonds is 30. The number of carboxylic acid groups (broad SMARTS) is 6. The largest absolute Gasteiger partial charge is 0.862 e. The maximum Gasteiger partial charge on any atom is 0.573 e. The van der Waals surface area contributed by atoms with Crippen LogP contribution in [0.4, 0.5) is 13.2 Å². The minimum absolute atomic E-state index is 0.0756. The Hall–Kier alpha value is -7.71. The van der Waals surface area contributed by atoms with Gasteiger partial charge in [-0.2, -0.15) is 0 Å². The molecule has 2 rings (SSSR count). The third kappa shape index (κ3) is 28.1. The molecular weight excluding hydrogens is 1040 g/mol. The lowest BCUT2D eigenvalue weighted by Gasteiger charge is -2.33. The molecule has 0 saturated carbocycles. The van der Waals surface area contributed by atoms with Crippen molar-refractivity contribution in [1.82, 2.24) is 40.9 Å². The van der Waals surface area contributed by atoms with E-state index in [2.05, 4.69) is 36.0 Å². The Kier molecular flexibility index (Phi) is 27.7. The Balaban J connectivity index is 2.23. The van der Waals surface area contributed by atoms with Crippen molar-refractivity contribution in [3.8, 4) is 5.75 Å². The van der Waals surface area contributed by atoms with Crippen molar-refractivity contribution in [3.05, 3.63) is 29.8 Å². The molecule has 0 aromatic heterocycles. The van der Waals surface area contributed by atoms with E-state index in [9.17, 15) is 102 Å². The number of amides is 4. The fourth-order valence-corrected chi connectivity index (χ4v) is 7.26. The summed E-state index contributed by atoms with van der Waals surface area (Å²) in [5.41, 5.74) is 0.242. The Morgan fingerprint density at radius 1 is 0.597 bits per heavy atom. The summed E-state index contributed by atoms with van der Waals surface area (Å²) in [4.78, 5) is 137. The second kappa shape index (κ2) is 32.7. The van der Waals surface area contributed by atoms with Crippen LogP contribution >= 0.6 is 0 Å². The summed E-state index contributed by atoms with van der Waals surface area (Å²) in [6.07, 6.45) is -9.39. The van der Waals surface area contributed by atoms with Crippen LogP contribution in [-0.4, -0.2) is 232 Å². The molecule has 1 aliphatic rings. The SMILES string of the molecule is CC(C)[C@H](NC(=O)[C@H](CCC(=O)[O-])NC(=O)[C@H](CC(=O)O)N=C([O-])CCN=C([O-])CN1CCN(CC(=O)O)CCN(CC(=O)O)CCN(CC(=O)O)CC1)C(=O)N[C@@H](CC(=O)O)C(=O)NCc1ccc(OC(F)(F)F)cc1. The van der Waals surface area contributed by atoms with E-state index < -0.39 is 165 Å². The molecule has 1 fully saturated rings. The molecule has 1 saturated heterocycles. The Morgan fingerprint density at radius 3 is 1.49 bits per heavy atom. The van der Waals surface area contributed by atoms with Crippen LogP contribution in [0, 0.1) is 5.92 Å². The first-order chi connectivity index (χ1) is 36.0. The minimum atomic E-state index is -4.97. The van der Waals surface area contributed by atoms with Crippen LogP contribution in [-0.2, 0) is 54.5 Å². The smallest absolute Gasteiger partial charge is 0.573 e. The number of aliphatic carboxylic acids is 6. The molecule has 9 N–H and O–H groups in total. The van der Waals surface area contributed by atoms with E-state index in [0.29, 0.717) is 0 Å². The molecule has 4 amide bonds. The van der Waals surface area contributed by atoms with Crippen molar-refractivity contribution >= 4 is 71.2 Å². The predicted molar refractivity (Wildman–Crippen MR) is 251 cm³/mol. The predicted octanol–water partition coefficient (Wildman–Crippen LogP) is -5.46. The quantitative estimate of drug-likeness (QED) is 0.0256. The molecule has 0 aliphatic carbocycles. The third-order valence-corrected chi connectivity index (χ3v) is 11.1. The van der Waals surface area contributed by atoms with E-state index in [-0.39, 0.29) is 77.6 Å². The van der Waals surface area contributed by atoms with Crippen LogP contribution in [0.5, 0.6) is 5.75 Å². The molecule has 430 valence electrons. The van der Waals surface area contributed by atoms with Crippen molar-refractivity contribution in [1.29, 1.82) is 0 Å². The summed E-state index contributed by atoms with van der Waals surface area (Å²) >= 11 is 0. The van der Waals surface area contributed by atoms with Crippen LogP contribution in [0.15, 0.2) is 34.3 Å². The van der Waals surface area contributed by atoms with Gasteiger partial charge in [0.2, 0.25) is 23.6 Å². The second-order valence-corrected chi connectivity index (χ2v) is 17.7. The number of carbonyl (C=O) groups excluding carboxylic acids is 5. The topological polar surface area (TPSA) is 436 Å². The van der Waals surface area contributed by atoms with Crippen LogP contribution in [0.3, 0.4) is 0 Å². The Bertz CT molecular complexity index is 2240. The summed E-state index contributed by atoms with van der Waals surface area (Å²) in [6.45, 7) is 1.15. The van der Waals surface area contributed by atoms with Gasteiger partial charge >= 0.3 is 36.2 Å². The Morgan fingerprint density at radius 2 is 1.06 bits per heavy atom. The van der Waals surface area contributed by atoms with Gasteiger partial charge in [-0.1, -0.05) is 26.0 Å². The number of benzene rings is 1. The molecular formula is C45H62F3N10O19-3. The maximum absolute atomic E-state index is 13.6. The highest BCUT2D eigenvalue weighted by atomic mass is 19.4. The van der Waals surface area contributed by atoms with Gasteiger partial charge in [0.15, 0.2) is 0 Å². The van der Waals surface area contributed by atoms with Crippen molar-refractivity contribution in [2.24, 2.45) is 15.9 Å². The normalized spacial score (nSPS) is 16.5. The van der Waals surface area contributed by atoms with Crippen molar-refractivity contribution < 1.29 is 107 Å². The number of alkyl halides is 3. The van der Waals surface area contributed by atoms with E-state index in [1.165, 1.54) is 35.8 Å². The highest BCUT2D eigenvalue weighted by molar-refractivity contribution is 5.97. The molecule has 0 unspecified atom stereocenters. The maximum atomic E-state index is 13.6. The lowest BCUT2D eigenvalue weighted by Crippen LogP contribution is -2.59. The molecule has 32 heteroatoms. The zero-order valence-corrected chi connectivity index (χ0v) is 41.9. The first kappa shape index (κ1) is 65.4. The molecule has 0 radical (unpaired) electrons. The van der Waals surface area contributed by atoms with E-state index in [1.54, 1.807) is 9.80 Å². The van der Waals surface area contributed by atoms with E-state index in [0.717, 1.165) is 12.1 Å².